The first-order valence-corrected chi connectivity index (χ1v) is 10.9. The van der Waals surface area contributed by atoms with Crippen molar-refractivity contribution >= 4 is 11.8 Å². The Kier molecular flexibility index (Phi) is 8.03. The van der Waals surface area contributed by atoms with Crippen LogP contribution in [-0.4, -0.2) is 36.3 Å². The van der Waals surface area contributed by atoms with Gasteiger partial charge in [0.05, 0.1) is 0 Å². The second-order valence-electron chi connectivity index (χ2n) is 8.45. The van der Waals surface area contributed by atoms with E-state index in [9.17, 15) is 9.59 Å². The summed E-state index contributed by atoms with van der Waals surface area (Å²) in [6.45, 7) is 7.57. The third kappa shape index (κ3) is 6.42. The number of carbonyl (C=O) groups excluding carboxylic acids is 2. The van der Waals surface area contributed by atoms with E-state index in [2.05, 4.69) is 39.8 Å². The molecule has 0 aliphatic carbocycles. The van der Waals surface area contributed by atoms with E-state index in [1.165, 1.54) is 11.1 Å². The summed E-state index contributed by atoms with van der Waals surface area (Å²) in [6, 6.07) is 17.4. The Labute approximate surface area is 179 Å². The van der Waals surface area contributed by atoms with Gasteiger partial charge in [-0.3, -0.25) is 14.5 Å². The largest absolute Gasteiger partial charge is 0.354 e. The van der Waals surface area contributed by atoms with Crippen LogP contribution >= 0.6 is 0 Å². The van der Waals surface area contributed by atoms with Gasteiger partial charge in [0.1, 0.15) is 6.04 Å². The highest BCUT2D eigenvalue weighted by molar-refractivity contribution is 5.88. The van der Waals surface area contributed by atoms with Crippen LogP contribution < -0.4 is 10.6 Å². The zero-order chi connectivity index (χ0) is 21.3. The molecule has 1 unspecified atom stereocenters. The van der Waals surface area contributed by atoms with Gasteiger partial charge in [-0.2, -0.15) is 0 Å². The molecular formula is C25H33N3O2. The molecule has 3 rings (SSSR count). The molecule has 0 saturated carbocycles. The molecule has 2 aromatic rings. The molecule has 0 saturated heterocycles. The molecule has 160 valence electrons. The lowest BCUT2D eigenvalue weighted by Crippen LogP contribution is -2.41. The van der Waals surface area contributed by atoms with Gasteiger partial charge in [-0.1, -0.05) is 68.4 Å². The summed E-state index contributed by atoms with van der Waals surface area (Å²) in [5.74, 6) is 0.00226. The van der Waals surface area contributed by atoms with Crippen LogP contribution in [0.25, 0.3) is 0 Å². The second kappa shape index (κ2) is 10.9. The average molecular weight is 408 g/mol. The highest BCUT2D eigenvalue weighted by Crippen LogP contribution is 2.18. The van der Waals surface area contributed by atoms with Crippen LogP contribution in [-0.2, 0) is 22.6 Å². The van der Waals surface area contributed by atoms with Crippen molar-refractivity contribution in [2.75, 3.05) is 19.6 Å². The third-order valence-electron chi connectivity index (χ3n) is 5.45. The fourth-order valence-corrected chi connectivity index (χ4v) is 3.90. The Balaban J connectivity index is 1.49. The molecule has 0 bridgehead atoms. The van der Waals surface area contributed by atoms with Gasteiger partial charge in [0.15, 0.2) is 0 Å². The van der Waals surface area contributed by atoms with Crippen LogP contribution in [0.3, 0.4) is 0 Å². The first-order chi connectivity index (χ1) is 14.5. The van der Waals surface area contributed by atoms with Gasteiger partial charge in [0, 0.05) is 32.6 Å². The monoisotopic (exact) mass is 407 g/mol. The van der Waals surface area contributed by atoms with Crippen molar-refractivity contribution in [2.24, 2.45) is 5.92 Å². The Bertz CT molecular complexity index is 835. The molecular weight excluding hydrogens is 374 g/mol. The van der Waals surface area contributed by atoms with Gasteiger partial charge in [0.25, 0.3) is 0 Å². The molecule has 1 aliphatic heterocycles. The van der Waals surface area contributed by atoms with E-state index in [0.717, 1.165) is 38.0 Å². The van der Waals surface area contributed by atoms with Crippen molar-refractivity contribution in [3.63, 3.8) is 0 Å². The molecule has 1 atom stereocenters. The van der Waals surface area contributed by atoms with Crippen LogP contribution in [0.15, 0.2) is 54.6 Å². The Hall–Kier alpha value is -2.66. The molecule has 0 aromatic heterocycles. The minimum Gasteiger partial charge on any atom is -0.354 e. The van der Waals surface area contributed by atoms with E-state index in [1.807, 2.05) is 44.2 Å². The lowest BCUT2D eigenvalue weighted by molar-refractivity contribution is -0.129. The van der Waals surface area contributed by atoms with E-state index < -0.39 is 6.04 Å². The topological polar surface area (TPSA) is 61.4 Å². The van der Waals surface area contributed by atoms with Crippen molar-refractivity contribution in [1.82, 2.24) is 15.5 Å². The van der Waals surface area contributed by atoms with Crippen LogP contribution in [0.4, 0.5) is 0 Å². The standard InChI is InChI=1S/C25H33N3O2/c1-19(2)17-23(29)27-24(21-10-4-3-5-11-21)25(30)26-14-8-15-28-16-13-20-9-6-7-12-22(20)18-28/h3-7,9-12,19,24H,8,13-18H2,1-2H3,(H,26,30)(H,27,29). The molecule has 0 spiro atoms. The summed E-state index contributed by atoms with van der Waals surface area (Å²) in [6.07, 6.45) is 2.38. The number of amides is 2. The molecule has 5 nitrogen and oxygen atoms in total. The van der Waals surface area contributed by atoms with Crippen molar-refractivity contribution < 1.29 is 9.59 Å². The molecule has 1 heterocycles. The molecule has 0 radical (unpaired) electrons. The average Bonchev–Trinajstić information content (AvgIpc) is 2.75. The lowest BCUT2D eigenvalue weighted by Gasteiger charge is -2.28. The fraction of sp³-hybridized carbons (Fsp3) is 0.440. The quantitative estimate of drug-likeness (QED) is 0.626. The van der Waals surface area contributed by atoms with E-state index in [0.29, 0.717) is 13.0 Å². The number of hydrogen-bond donors (Lipinski definition) is 2. The lowest BCUT2D eigenvalue weighted by atomic mass is 10.00. The first-order valence-electron chi connectivity index (χ1n) is 10.9. The summed E-state index contributed by atoms with van der Waals surface area (Å²) < 4.78 is 0. The molecule has 0 fully saturated rings. The molecule has 2 amide bonds. The zero-order valence-electron chi connectivity index (χ0n) is 18.1. The number of fused-ring (bicyclic) bond motifs is 1. The van der Waals surface area contributed by atoms with Crippen molar-refractivity contribution in [3.05, 3.63) is 71.3 Å². The van der Waals surface area contributed by atoms with E-state index in [4.69, 9.17) is 0 Å². The highest BCUT2D eigenvalue weighted by atomic mass is 16.2. The Morgan fingerprint density at radius 1 is 1.00 bits per heavy atom. The normalized spacial score (nSPS) is 14.8. The summed E-state index contributed by atoms with van der Waals surface area (Å²) in [4.78, 5) is 27.6. The Morgan fingerprint density at radius 2 is 1.70 bits per heavy atom. The number of nitrogens with one attached hydrogen (secondary N) is 2. The highest BCUT2D eigenvalue weighted by Gasteiger charge is 2.23. The summed E-state index contributed by atoms with van der Waals surface area (Å²) in [5, 5.41) is 5.92. The summed E-state index contributed by atoms with van der Waals surface area (Å²) in [7, 11) is 0. The molecule has 5 heteroatoms. The molecule has 2 aromatic carbocycles. The SMILES string of the molecule is CC(C)CC(=O)NC(C(=O)NCCCN1CCc2ccccc2C1)c1ccccc1. The zero-order valence-corrected chi connectivity index (χ0v) is 18.1. The van der Waals surface area contributed by atoms with E-state index >= 15 is 0 Å². The van der Waals surface area contributed by atoms with E-state index in [1.54, 1.807) is 0 Å². The van der Waals surface area contributed by atoms with Crippen molar-refractivity contribution in [3.8, 4) is 0 Å². The van der Waals surface area contributed by atoms with Crippen LogP contribution in [0.5, 0.6) is 0 Å². The molecule has 1 aliphatic rings. The number of benzene rings is 2. The van der Waals surface area contributed by atoms with Crippen LogP contribution in [0.2, 0.25) is 0 Å². The smallest absolute Gasteiger partial charge is 0.247 e. The van der Waals surface area contributed by atoms with Gasteiger partial charge in [-0.05, 0) is 35.4 Å². The number of hydrogen-bond acceptors (Lipinski definition) is 3. The number of carbonyl (C=O) groups is 2. The second-order valence-corrected chi connectivity index (χ2v) is 8.45. The molecule has 2 N–H and O–H groups in total. The predicted octanol–water partition coefficient (Wildman–Crippen LogP) is 3.45. The van der Waals surface area contributed by atoms with E-state index in [-0.39, 0.29) is 17.7 Å². The van der Waals surface area contributed by atoms with Gasteiger partial charge >= 0.3 is 0 Å². The third-order valence-corrected chi connectivity index (χ3v) is 5.45. The van der Waals surface area contributed by atoms with Gasteiger partial charge < -0.3 is 10.6 Å². The number of nitrogens with zero attached hydrogens (tertiary/aromatic N) is 1. The molecule has 30 heavy (non-hydrogen) atoms. The minimum atomic E-state index is -0.653. The Morgan fingerprint density at radius 3 is 2.43 bits per heavy atom. The van der Waals surface area contributed by atoms with Crippen LogP contribution in [0.1, 0.15) is 49.4 Å². The minimum absolute atomic E-state index is 0.0963. The maximum atomic E-state index is 12.8. The van der Waals surface area contributed by atoms with Gasteiger partial charge in [-0.15, -0.1) is 0 Å². The van der Waals surface area contributed by atoms with Crippen LogP contribution in [0, 0.1) is 5.92 Å². The van der Waals surface area contributed by atoms with Crippen molar-refractivity contribution in [2.45, 2.75) is 45.7 Å². The maximum absolute atomic E-state index is 12.8. The van der Waals surface area contributed by atoms with Crippen molar-refractivity contribution in [1.29, 1.82) is 0 Å². The maximum Gasteiger partial charge on any atom is 0.247 e. The summed E-state index contributed by atoms with van der Waals surface area (Å²) >= 11 is 0. The number of rotatable bonds is 9. The predicted molar refractivity (Wildman–Crippen MR) is 120 cm³/mol. The van der Waals surface area contributed by atoms with Gasteiger partial charge in [0.2, 0.25) is 11.8 Å². The first kappa shape index (κ1) is 22.0. The van der Waals surface area contributed by atoms with Gasteiger partial charge in [-0.25, -0.2) is 0 Å². The summed E-state index contributed by atoms with van der Waals surface area (Å²) in [5.41, 5.74) is 3.66. The fourth-order valence-electron chi connectivity index (χ4n) is 3.90.